The minimum atomic E-state index is 0.545. The highest BCUT2D eigenvalue weighted by Crippen LogP contribution is 2.12. The van der Waals surface area contributed by atoms with Crippen molar-refractivity contribution in [2.45, 2.75) is 13.0 Å². The minimum absolute atomic E-state index is 0.545. The number of aryl methyl sites for hydroxylation is 1. The SMILES string of the molecule is C[C@H]1CN(c2cnnn2C)CCN1. The lowest BCUT2D eigenvalue weighted by Gasteiger charge is -2.32. The molecule has 0 aliphatic carbocycles. The first-order valence-corrected chi connectivity index (χ1v) is 4.60. The molecule has 1 aliphatic rings. The van der Waals surface area contributed by atoms with Gasteiger partial charge in [-0.15, -0.1) is 5.10 Å². The van der Waals surface area contributed by atoms with Crippen molar-refractivity contribution in [3.05, 3.63) is 6.20 Å². The molecule has 72 valence electrons. The summed E-state index contributed by atoms with van der Waals surface area (Å²) in [7, 11) is 1.93. The number of nitrogens with zero attached hydrogens (tertiary/aromatic N) is 4. The molecule has 0 radical (unpaired) electrons. The fourth-order valence-electron chi connectivity index (χ4n) is 1.71. The van der Waals surface area contributed by atoms with Crippen LogP contribution in [0.4, 0.5) is 5.82 Å². The number of nitrogens with one attached hydrogen (secondary N) is 1. The first kappa shape index (κ1) is 8.50. The molecule has 0 unspecified atom stereocenters. The highest BCUT2D eigenvalue weighted by atomic mass is 15.5. The van der Waals surface area contributed by atoms with Gasteiger partial charge in [0.25, 0.3) is 0 Å². The summed E-state index contributed by atoms with van der Waals surface area (Å²) in [6.45, 7) is 5.29. The van der Waals surface area contributed by atoms with Gasteiger partial charge in [0.05, 0.1) is 6.20 Å². The third kappa shape index (κ3) is 1.65. The molecule has 1 atom stereocenters. The van der Waals surface area contributed by atoms with Crippen LogP contribution in [-0.4, -0.2) is 40.7 Å². The smallest absolute Gasteiger partial charge is 0.147 e. The fourth-order valence-corrected chi connectivity index (χ4v) is 1.71. The summed E-state index contributed by atoms with van der Waals surface area (Å²) in [4.78, 5) is 2.31. The van der Waals surface area contributed by atoms with E-state index in [2.05, 4.69) is 27.5 Å². The van der Waals surface area contributed by atoms with E-state index in [-0.39, 0.29) is 0 Å². The van der Waals surface area contributed by atoms with Crippen molar-refractivity contribution >= 4 is 5.82 Å². The number of piperazine rings is 1. The summed E-state index contributed by atoms with van der Waals surface area (Å²) in [5, 5.41) is 11.2. The Morgan fingerprint density at radius 2 is 2.46 bits per heavy atom. The van der Waals surface area contributed by atoms with Crippen LogP contribution < -0.4 is 10.2 Å². The second kappa shape index (κ2) is 3.33. The van der Waals surface area contributed by atoms with Gasteiger partial charge in [0.15, 0.2) is 0 Å². The van der Waals surface area contributed by atoms with Crippen LogP contribution in [0.2, 0.25) is 0 Å². The summed E-state index contributed by atoms with van der Waals surface area (Å²) >= 11 is 0. The maximum absolute atomic E-state index is 3.92. The molecule has 0 bridgehead atoms. The zero-order valence-electron chi connectivity index (χ0n) is 8.06. The zero-order chi connectivity index (χ0) is 9.26. The normalized spacial score (nSPS) is 23.5. The predicted molar refractivity (Wildman–Crippen MR) is 50.7 cm³/mol. The summed E-state index contributed by atoms with van der Waals surface area (Å²) in [6, 6.07) is 0.545. The maximum Gasteiger partial charge on any atom is 0.147 e. The van der Waals surface area contributed by atoms with Gasteiger partial charge in [0.2, 0.25) is 0 Å². The van der Waals surface area contributed by atoms with Crippen molar-refractivity contribution in [2.24, 2.45) is 7.05 Å². The van der Waals surface area contributed by atoms with Gasteiger partial charge in [-0.1, -0.05) is 5.21 Å². The Morgan fingerprint density at radius 3 is 3.08 bits per heavy atom. The van der Waals surface area contributed by atoms with Gasteiger partial charge >= 0.3 is 0 Å². The highest BCUT2D eigenvalue weighted by molar-refractivity contribution is 5.36. The van der Waals surface area contributed by atoms with Crippen LogP contribution in [0.5, 0.6) is 0 Å². The Labute approximate surface area is 77.7 Å². The summed E-state index contributed by atoms with van der Waals surface area (Å²) < 4.78 is 1.82. The van der Waals surface area contributed by atoms with Gasteiger partial charge in [-0.3, -0.25) is 0 Å². The van der Waals surface area contributed by atoms with E-state index in [9.17, 15) is 0 Å². The van der Waals surface area contributed by atoms with Crippen molar-refractivity contribution in [1.29, 1.82) is 0 Å². The lowest BCUT2D eigenvalue weighted by molar-refractivity contribution is 0.477. The fraction of sp³-hybridized carbons (Fsp3) is 0.750. The molecule has 1 aromatic heterocycles. The number of hydrogen-bond donors (Lipinski definition) is 1. The Balaban J connectivity index is 2.12. The van der Waals surface area contributed by atoms with Crippen LogP contribution in [0.15, 0.2) is 6.20 Å². The zero-order valence-corrected chi connectivity index (χ0v) is 8.06. The molecule has 1 aliphatic heterocycles. The van der Waals surface area contributed by atoms with Crippen LogP contribution in [0.3, 0.4) is 0 Å². The molecular weight excluding hydrogens is 166 g/mol. The van der Waals surface area contributed by atoms with E-state index in [1.165, 1.54) is 0 Å². The molecule has 0 spiro atoms. The van der Waals surface area contributed by atoms with E-state index in [0.29, 0.717) is 6.04 Å². The van der Waals surface area contributed by atoms with Crippen molar-refractivity contribution in [2.75, 3.05) is 24.5 Å². The minimum Gasteiger partial charge on any atom is -0.353 e. The standard InChI is InChI=1S/C8H15N5/c1-7-6-13(4-3-9-7)8-5-10-11-12(8)2/h5,7,9H,3-4,6H2,1-2H3/t7-/m0/s1. The number of rotatable bonds is 1. The van der Waals surface area contributed by atoms with E-state index in [1.807, 2.05) is 17.9 Å². The van der Waals surface area contributed by atoms with E-state index >= 15 is 0 Å². The first-order valence-electron chi connectivity index (χ1n) is 4.60. The van der Waals surface area contributed by atoms with Crippen LogP contribution >= 0.6 is 0 Å². The molecule has 0 aromatic carbocycles. The second-order valence-electron chi connectivity index (χ2n) is 3.52. The van der Waals surface area contributed by atoms with Crippen LogP contribution in [-0.2, 0) is 7.05 Å². The molecule has 2 heterocycles. The summed E-state index contributed by atoms with van der Waals surface area (Å²) in [5.41, 5.74) is 0. The number of hydrogen-bond acceptors (Lipinski definition) is 4. The van der Waals surface area contributed by atoms with E-state index in [0.717, 1.165) is 25.5 Å². The Bertz CT molecular complexity index is 282. The van der Waals surface area contributed by atoms with Crippen molar-refractivity contribution in [3.8, 4) is 0 Å². The summed E-state index contributed by atoms with van der Waals surface area (Å²) in [6.07, 6.45) is 1.82. The molecule has 0 amide bonds. The molecule has 1 aromatic rings. The maximum atomic E-state index is 3.92. The quantitative estimate of drug-likeness (QED) is 0.641. The Hall–Kier alpha value is -1.10. The van der Waals surface area contributed by atoms with Crippen LogP contribution in [0, 0.1) is 0 Å². The highest BCUT2D eigenvalue weighted by Gasteiger charge is 2.18. The van der Waals surface area contributed by atoms with Gasteiger partial charge in [0, 0.05) is 32.7 Å². The molecule has 5 nitrogen and oxygen atoms in total. The van der Waals surface area contributed by atoms with Gasteiger partial charge in [0.1, 0.15) is 5.82 Å². The van der Waals surface area contributed by atoms with E-state index in [1.54, 1.807) is 0 Å². The van der Waals surface area contributed by atoms with Gasteiger partial charge in [-0.2, -0.15) is 0 Å². The molecule has 1 saturated heterocycles. The molecule has 13 heavy (non-hydrogen) atoms. The van der Waals surface area contributed by atoms with Crippen molar-refractivity contribution < 1.29 is 0 Å². The van der Waals surface area contributed by atoms with Crippen molar-refractivity contribution in [3.63, 3.8) is 0 Å². The second-order valence-corrected chi connectivity index (χ2v) is 3.52. The topological polar surface area (TPSA) is 46.0 Å². The lowest BCUT2D eigenvalue weighted by Crippen LogP contribution is -2.49. The Kier molecular flexibility index (Phi) is 2.18. The molecule has 1 fully saturated rings. The van der Waals surface area contributed by atoms with Gasteiger partial charge in [-0.25, -0.2) is 4.68 Å². The average molecular weight is 181 g/mol. The van der Waals surface area contributed by atoms with Crippen LogP contribution in [0.1, 0.15) is 6.92 Å². The van der Waals surface area contributed by atoms with E-state index in [4.69, 9.17) is 0 Å². The molecule has 0 saturated carbocycles. The third-order valence-electron chi connectivity index (χ3n) is 2.38. The first-order chi connectivity index (χ1) is 6.27. The molecule has 5 heteroatoms. The number of anilines is 1. The predicted octanol–water partition coefficient (Wildman–Crippen LogP) is -0.387. The van der Waals surface area contributed by atoms with Crippen LogP contribution in [0.25, 0.3) is 0 Å². The van der Waals surface area contributed by atoms with Crippen molar-refractivity contribution in [1.82, 2.24) is 20.3 Å². The average Bonchev–Trinajstić information content (AvgIpc) is 2.51. The molecular formula is C8H15N5. The monoisotopic (exact) mass is 181 g/mol. The van der Waals surface area contributed by atoms with E-state index < -0.39 is 0 Å². The van der Waals surface area contributed by atoms with Gasteiger partial charge in [-0.05, 0) is 6.92 Å². The summed E-state index contributed by atoms with van der Waals surface area (Å²) in [5.74, 6) is 1.10. The Morgan fingerprint density at radius 1 is 1.62 bits per heavy atom. The lowest BCUT2D eigenvalue weighted by atomic mass is 10.2. The third-order valence-corrected chi connectivity index (χ3v) is 2.38. The molecule has 2 rings (SSSR count). The molecule has 1 N–H and O–H groups in total. The largest absolute Gasteiger partial charge is 0.353 e. The number of aromatic nitrogens is 3. The van der Waals surface area contributed by atoms with Gasteiger partial charge < -0.3 is 10.2 Å².